The molecule has 1 aliphatic carbocycles. The Balaban J connectivity index is 1.16. The number of benzene rings is 2. The van der Waals surface area contributed by atoms with E-state index in [-0.39, 0.29) is 36.6 Å². The number of hydrogen-bond acceptors (Lipinski definition) is 6. The number of ether oxygens (including phenoxy) is 1. The molecule has 3 N–H and O–H groups in total. The molecule has 1 aromatic heterocycles. The minimum Gasteiger partial charge on any atom is -0.476 e. The molecule has 0 saturated carbocycles. The summed E-state index contributed by atoms with van der Waals surface area (Å²) in [5, 5.41) is 16.4. The van der Waals surface area contributed by atoms with Crippen LogP contribution in [0.15, 0.2) is 53.9 Å². The number of amides is 2. The third-order valence-electron chi connectivity index (χ3n) is 5.99. The summed E-state index contributed by atoms with van der Waals surface area (Å²) < 4.78 is 5.53. The number of carbonyl (C=O) groups is 3. The van der Waals surface area contributed by atoms with Gasteiger partial charge in [-0.3, -0.25) is 4.79 Å². The Kier molecular flexibility index (Phi) is 7.77. The second-order valence-corrected chi connectivity index (χ2v) is 9.50. The number of carbonyl (C=O) groups excluding carboxylic acids is 2. The molecule has 3 aromatic rings. The van der Waals surface area contributed by atoms with Crippen molar-refractivity contribution in [1.82, 2.24) is 15.6 Å². The zero-order valence-corrected chi connectivity index (χ0v) is 20.1. The van der Waals surface area contributed by atoms with Crippen molar-refractivity contribution in [2.75, 3.05) is 13.2 Å². The van der Waals surface area contributed by atoms with E-state index in [9.17, 15) is 14.4 Å². The van der Waals surface area contributed by atoms with Crippen LogP contribution in [0.25, 0.3) is 11.1 Å². The molecular formula is C26H27N3O5S. The first-order chi connectivity index (χ1) is 16.9. The molecule has 2 aromatic carbocycles. The van der Waals surface area contributed by atoms with Gasteiger partial charge < -0.3 is 20.5 Å². The smallest absolute Gasteiger partial charge is 0.407 e. The molecule has 35 heavy (non-hydrogen) atoms. The Labute approximate surface area is 207 Å². The molecule has 1 heterocycles. The molecule has 0 spiro atoms. The van der Waals surface area contributed by atoms with E-state index in [0.717, 1.165) is 11.1 Å². The number of aromatic carboxylic acids is 1. The predicted octanol–water partition coefficient (Wildman–Crippen LogP) is 4.41. The van der Waals surface area contributed by atoms with Gasteiger partial charge in [0.15, 0.2) is 5.69 Å². The zero-order chi connectivity index (χ0) is 24.8. The zero-order valence-electron chi connectivity index (χ0n) is 19.3. The quantitative estimate of drug-likeness (QED) is 0.385. The summed E-state index contributed by atoms with van der Waals surface area (Å²) in [6, 6.07) is 16.4. The highest BCUT2D eigenvalue weighted by Crippen LogP contribution is 2.44. The van der Waals surface area contributed by atoms with Crippen molar-refractivity contribution < 1.29 is 24.2 Å². The van der Waals surface area contributed by atoms with E-state index >= 15 is 0 Å². The van der Waals surface area contributed by atoms with E-state index in [0.29, 0.717) is 24.4 Å². The number of hydrogen-bond donors (Lipinski definition) is 3. The summed E-state index contributed by atoms with van der Waals surface area (Å²) in [6.07, 6.45) is 0.447. The highest BCUT2D eigenvalue weighted by Gasteiger charge is 2.29. The van der Waals surface area contributed by atoms with Crippen LogP contribution in [0.1, 0.15) is 52.3 Å². The van der Waals surface area contributed by atoms with E-state index in [4.69, 9.17) is 9.84 Å². The van der Waals surface area contributed by atoms with Gasteiger partial charge >= 0.3 is 12.1 Å². The number of rotatable bonds is 10. The van der Waals surface area contributed by atoms with Crippen LogP contribution in [-0.4, -0.2) is 41.2 Å². The van der Waals surface area contributed by atoms with Gasteiger partial charge in [-0.15, -0.1) is 11.3 Å². The van der Waals surface area contributed by atoms with Crippen molar-refractivity contribution in [2.45, 2.75) is 32.2 Å². The van der Waals surface area contributed by atoms with Crippen LogP contribution in [0.4, 0.5) is 4.79 Å². The Hall–Kier alpha value is -3.72. The van der Waals surface area contributed by atoms with E-state index < -0.39 is 12.1 Å². The number of nitrogens with one attached hydrogen (secondary N) is 2. The van der Waals surface area contributed by atoms with Crippen molar-refractivity contribution in [2.24, 2.45) is 5.92 Å². The lowest BCUT2D eigenvalue weighted by atomic mass is 9.98. The maximum atomic E-state index is 12.3. The molecule has 0 aliphatic heterocycles. The number of carboxylic acid groups (broad SMARTS) is 1. The number of nitrogens with zero attached hydrogens (tertiary/aromatic N) is 1. The summed E-state index contributed by atoms with van der Waals surface area (Å²) >= 11 is 1.19. The first-order valence-corrected chi connectivity index (χ1v) is 12.3. The Morgan fingerprint density at radius 3 is 2.34 bits per heavy atom. The standard InChI is InChI=1S/C26H27N3O5S/c1-16(12-23(30)28-13-24-29-22(15-35-24)25(31)32)10-11-27-26(33)34-14-21-19-8-4-2-6-17(19)18-7-3-5-9-20(18)21/h2-9,15-16,21H,10-14H2,1H3,(H,27,33)(H,28,30)(H,31,32). The van der Waals surface area contributed by atoms with Gasteiger partial charge in [0.1, 0.15) is 11.6 Å². The second kappa shape index (κ2) is 11.1. The predicted molar refractivity (Wildman–Crippen MR) is 132 cm³/mol. The summed E-state index contributed by atoms with van der Waals surface area (Å²) in [7, 11) is 0. The van der Waals surface area contributed by atoms with Crippen molar-refractivity contribution >= 4 is 29.3 Å². The molecule has 1 unspecified atom stereocenters. The van der Waals surface area contributed by atoms with Crippen LogP contribution in [-0.2, 0) is 16.1 Å². The summed E-state index contributed by atoms with van der Waals surface area (Å²) in [5.41, 5.74) is 4.67. The fourth-order valence-electron chi connectivity index (χ4n) is 4.23. The monoisotopic (exact) mass is 493 g/mol. The lowest BCUT2D eigenvalue weighted by molar-refractivity contribution is -0.122. The van der Waals surface area contributed by atoms with Crippen molar-refractivity contribution in [3.8, 4) is 11.1 Å². The van der Waals surface area contributed by atoms with Crippen LogP contribution < -0.4 is 10.6 Å². The number of aromatic nitrogens is 1. The number of alkyl carbamates (subject to hydrolysis) is 1. The van der Waals surface area contributed by atoms with Gasteiger partial charge in [0, 0.05) is 24.3 Å². The lowest BCUT2D eigenvalue weighted by Gasteiger charge is -2.15. The topological polar surface area (TPSA) is 118 Å². The normalized spacial score (nSPS) is 12.9. The van der Waals surface area contributed by atoms with Crippen molar-refractivity contribution in [3.05, 3.63) is 75.7 Å². The molecule has 1 atom stereocenters. The molecule has 4 rings (SSSR count). The maximum Gasteiger partial charge on any atom is 0.407 e. The fraction of sp³-hybridized carbons (Fsp3) is 0.308. The fourth-order valence-corrected chi connectivity index (χ4v) is 4.93. The van der Waals surface area contributed by atoms with Gasteiger partial charge in [-0.25, -0.2) is 14.6 Å². The average Bonchev–Trinajstić information content (AvgIpc) is 3.45. The van der Waals surface area contributed by atoms with Gasteiger partial charge in [-0.05, 0) is 34.6 Å². The SMILES string of the molecule is CC(CCNC(=O)OCC1c2ccccc2-c2ccccc21)CC(=O)NCc1nc(C(=O)O)cs1. The minimum atomic E-state index is -1.09. The minimum absolute atomic E-state index is 0.0141. The van der Waals surface area contributed by atoms with Crippen molar-refractivity contribution in [3.63, 3.8) is 0 Å². The van der Waals surface area contributed by atoms with E-state index in [2.05, 4.69) is 39.9 Å². The van der Waals surface area contributed by atoms with Gasteiger partial charge in [0.2, 0.25) is 5.91 Å². The molecule has 0 fully saturated rings. The molecule has 0 bridgehead atoms. The van der Waals surface area contributed by atoms with Crippen molar-refractivity contribution in [1.29, 1.82) is 0 Å². The molecule has 182 valence electrons. The van der Waals surface area contributed by atoms with Crippen LogP contribution >= 0.6 is 11.3 Å². The highest BCUT2D eigenvalue weighted by atomic mass is 32.1. The van der Waals surface area contributed by atoms with Gasteiger partial charge in [0.25, 0.3) is 0 Å². The Morgan fingerprint density at radius 2 is 1.71 bits per heavy atom. The number of fused-ring (bicyclic) bond motifs is 3. The number of thiazole rings is 1. The first kappa shape index (κ1) is 24.4. The van der Waals surface area contributed by atoms with Gasteiger partial charge in [-0.2, -0.15) is 0 Å². The molecule has 0 radical (unpaired) electrons. The molecule has 9 heteroatoms. The van der Waals surface area contributed by atoms with E-state index in [1.165, 1.54) is 27.8 Å². The first-order valence-electron chi connectivity index (χ1n) is 11.5. The van der Waals surface area contributed by atoms with Crippen LogP contribution in [0.3, 0.4) is 0 Å². The summed E-state index contributed by atoms with van der Waals surface area (Å²) in [6.45, 7) is 2.80. The summed E-state index contributed by atoms with van der Waals surface area (Å²) in [4.78, 5) is 39.2. The molecule has 8 nitrogen and oxygen atoms in total. The molecule has 1 aliphatic rings. The van der Waals surface area contributed by atoms with Gasteiger partial charge in [0.05, 0.1) is 6.54 Å². The third kappa shape index (κ3) is 6.05. The van der Waals surface area contributed by atoms with E-state index in [1.807, 2.05) is 31.2 Å². The molecule has 0 saturated heterocycles. The third-order valence-corrected chi connectivity index (χ3v) is 6.84. The van der Waals surface area contributed by atoms with Crippen LogP contribution in [0.2, 0.25) is 0 Å². The maximum absolute atomic E-state index is 12.3. The van der Waals surface area contributed by atoms with Crippen LogP contribution in [0.5, 0.6) is 0 Å². The molecular weight excluding hydrogens is 466 g/mol. The Morgan fingerprint density at radius 1 is 1.06 bits per heavy atom. The molecule has 2 amide bonds. The van der Waals surface area contributed by atoms with Crippen LogP contribution in [0, 0.1) is 5.92 Å². The van der Waals surface area contributed by atoms with E-state index in [1.54, 1.807) is 0 Å². The average molecular weight is 494 g/mol. The second-order valence-electron chi connectivity index (χ2n) is 8.56. The summed E-state index contributed by atoms with van der Waals surface area (Å²) in [5.74, 6) is -1.17. The number of carboxylic acids is 1. The lowest BCUT2D eigenvalue weighted by Crippen LogP contribution is -2.29. The Bertz CT molecular complexity index is 1180. The van der Waals surface area contributed by atoms with Gasteiger partial charge in [-0.1, -0.05) is 55.5 Å². The largest absolute Gasteiger partial charge is 0.476 e. The highest BCUT2D eigenvalue weighted by molar-refractivity contribution is 7.09.